The van der Waals surface area contributed by atoms with Crippen molar-refractivity contribution >= 4 is 62.8 Å². The Hall–Kier alpha value is -4.03. The fourth-order valence-corrected chi connectivity index (χ4v) is 6.55. The van der Waals surface area contributed by atoms with Gasteiger partial charge in [0.15, 0.2) is 16.7 Å². The second-order valence-corrected chi connectivity index (χ2v) is 13.0. The molecule has 0 unspecified atom stereocenters. The minimum absolute atomic E-state index is 0.0236. The number of carbonyl (C=O) groups is 2. The van der Waals surface area contributed by atoms with Crippen LogP contribution in [-0.4, -0.2) is 36.9 Å². The van der Waals surface area contributed by atoms with Gasteiger partial charge in [-0.1, -0.05) is 67.1 Å². The van der Waals surface area contributed by atoms with Gasteiger partial charge in [0.1, 0.15) is 16.2 Å². The average molecular weight is 605 g/mol. The highest BCUT2D eigenvalue weighted by molar-refractivity contribution is 8.23. The van der Waals surface area contributed by atoms with Crippen molar-refractivity contribution in [3.63, 3.8) is 0 Å². The van der Waals surface area contributed by atoms with Gasteiger partial charge in [0.2, 0.25) is 0 Å². The van der Waals surface area contributed by atoms with Crippen LogP contribution in [-0.2, 0) is 10.2 Å². The molecule has 1 atom stereocenters. The van der Waals surface area contributed by atoms with Crippen molar-refractivity contribution in [1.82, 2.24) is 5.32 Å². The third kappa shape index (κ3) is 5.56. The third-order valence-corrected chi connectivity index (χ3v) is 9.04. The minimum atomic E-state index is -3.79. The second-order valence-electron chi connectivity index (χ2n) is 10.9. The molecule has 6 N–H and O–H groups in total. The summed E-state index contributed by atoms with van der Waals surface area (Å²) in [5.74, 6) is -0.751. The second kappa shape index (κ2) is 11.3. The number of ketones is 1. The number of nitrogens with one attached hydrogen (secondary N) is 3. The van der Waals surface area contributed by atoms with Crippen molar-refractivity contribution in [3.8, 4) is 0 Å². The van der Waals surface area contributed by atoms with Crippen molar-refractivity contribution in [3.05, 3.63) is 95.1 Å². The Balaban J connectivity index is 1.44. The first-order valence-electron chi connectivity index (χ1n) is 13.5. The summed E-state index contributed by atoms with van der Waals surface area (Å²) in [6.45, 7) is 6.03. The van der Waals surface area contributed by atoms with Gasteiger partial charge in [0.25, 0.3) is 5.91 Å². The number of hydrogen-bond acceptors (Lipinski definition) is 8. The molecule has 0 radical (unpaired) electrons. The Morgan fingerprint density at radius 3 is 2.48 bits per heavy atom. The van der Waals surface area contributed by atoms with Crippen LogP contribution < -0.4 is 16.0 Å². The zero-order valence-corrected chi connectivity index (χ0v) is 25.0. The zero-order chi connectivity index (χ0) is 30.2. The van der Waals surface area contributed by atoms with Crippen molar-refractivity contribution in [2.24, 2.45) is 10.3 Å². The summed E-state index contributed by atoms with van der Waals surface area (Å²) >= 11 is 5.27. The Labute approximate surface area is 251 Å². The fourth-order valence-electron chi connectivity index (χ4n) is 5.15. The Bertz CT molecular complexity index is 1650. The van der Waals surface area contributed by atoms with E-state index in [1.54, 1.807) is 54.6 Å². The first kappa shape index (κ1) is 29.5. The molecule has 3 aromatic rings. The first-order chi connectivity index (χ1) is 19.9. The summed E-state index contributed by atoms with van der Waals surface area (Å²) in [7, 11) is -3.79. The number of Topliss-reactive ketones (excluding diaryl/α,β-unsaturated/α-hetero) is 1. The molecule has 0 aromatic heterocycles. The Morgan fingerprint density at radius 2 is 1.76 bits per heavy atom. The molecule has 42 heavy (non-hydrogen) atoms. The maximum atomic E-state index is 14.1. The molecule has 0 saturated carbocycles. The number of aliphatic hydroxyl groups excluding tert-OH is 1. The summed E-state index contributed by atoms with van der Waals surface area (Å²) < 4.78 is 26.4. The normalized spacial score (nSPS) is 19.7. The molecule has 0 bridgehead atoms. The van der Waals surface area contributed by atoms with Crippen molar-refractivity contribution < 1.29 is 23.8 Å². The summed E-state index contributed by atoms with van der Waals surface area (Å²) in [6.07, 6.45) is 1.33. The van der Waals surface area contributed by atoms with Crippen LogP contribution in [0.1, 0.15) is 55.1 Å². The van der Waals surface area contributed by atoms with Gasteiger partial charge in [-0.15, -0.1) is 4.40 Å². The summed E-state index contributed by atoms with van der Waals surface area (Å²) in [4.78, 5) is 26.6. The Morgan fingerprint density at radius 1 is 1.07 bits per heavy atom. The molecular weight excluding hydrogens is 572 g/mol. The molecule has 1 aliphatic heterocycles. The summed E-state index contributed by atoms with van der Waals surface area (Å²) in [5.41, 5.74) is 1.34. The molecule has 218 valence electrons. The molecule has 2 aliphatic rings. The van der Waals surface area contributed by atoms with Crippen LogP contribution in [0.5, 0.6) is 0 Å². The highest BCUT2D eigenvalue weighted by Gasteiger charge is 2.46. The van der Waals surface area contributed by atoms with Crippen LogP contribution >= 0.6 is 23.0 Å². The maximum absolute atomic E-state index is 14.1. The van der Waals surface area contributed by atoms with E-state index in [0.717, 1.165) is 12.0 Å². The first-order valence-corrected chi connectivity index (χ1v) is 15.4. The van der Waals surface area contributed by atoms with Crippen molar-refractivity contribution in [2.75, 3.05) is 10.6 Å². The van der Waals surface area contributed by atoms with E-state index in [2.05, 4.69) is 34.2 Å². The molecule has 1 amide bonds. The van der Waals surface area contributed by atoms with E-state index in [9.17, 15) is 23.8 Å². The number of hydrogen-bond donors (Lipinski definition) is 6. The van der Waals surface area contributed by atoms with Crippen molar-refractivity contribution in [2.45, 2.75) is 43.9 Å². The van der Waals surface area contributed by atoms with Gasteiger partial charge >= 0.3 is 0 Å². The van der Waals surface area contributed by atoms with Gasteiger partial charge in [-0.05, 0) is 73.8 Å². The highest BCUT2D eigenvalue weighted by Crippen LogP contribution is 2.57. The lowest BCUT2D eigenvalue weighted by Gasteiger charge is -2.39. The van der Waals surface area contributed by atoms with Gasteiger partial charge in [-0.25, -0.2) is 0 Å². The highest BCUT2D eigenvalue weighted by atomic mass is 32.3. The van der Waals surface area contributed by atoms with Crippen molar-refractivity contribution in [1.29, 1.82) is 0 Å². The number of aliphatic hydroxyl groups is 1. The average Bonchev–Trinajstić information content (AvgIpc) is 2.95. The summed E-state index contributed by atoms with van der Waals surface area (Å²) in [5, 5.41) is 19.8. The molecule has 0 fully saturated rings. The molecule has 0 spiro atoms. The lowest BCUT2D eigenvalue weighted by atomic mass is 9.66. The SMILES string of the molecule is CC(C)CC[C@@]1(C)C(=O)C(C2=NS(O)(O)c3cc(NC(=S)NC(=O)c4ccccc4)ccc3N2)=C(O)c2ccccc21. The number of thiocarbonyl (C=S) groups is 1. The topological polar surface area (TPSA) is 143 Å². The number of nitrogens with zero attached hydrogens (tertiary/aromatic N) is 1. The number of benzene rings is 3. The molecule has 3 aromatic carbocycles. The monoisotopic (exact) mass is 604 g/mol. The lowest BCUT2D eigenvalue weighted by Crippen LogP contribution is -2.42. The quantitative estimate of drug-likeness (QED) is 0.167. The maximum Gasteiger partial charge on any atom is 0.257 e. The molecule has 5 rings (SSSR count). The van der Waals surface area contributed by atoms with E-state index in [4.69, 9.17) is 12.2 Å². The smallest absolute Gasteiger partial charge is 0.257 e. The Kier molecular flexibility index (Phi) is 7.95. The van der Waals surface area contributed by atoms with E-state index in [1.807, 2.05) is 19.1 Å². The number of rotatable bonds is 6. The number of fused-ring (bicyclic) bond motifs is 2. The van der Waals surface area contributed by atoms with Gasteiger partial charge in [0.05, 0.1) is 11.1 Å². The number of amides is 1. The van der Waals surface area contributed by atoms with E-state index in [-0.39, 0.29) is 33.0 Å². The van der Waals surface area contributed by atoms with Crippen LogP contribution in [0.3, 0.4) is 0 Å². The van der Waals surface area contributed by atoms with Crippen LogP contribution in [0.15, 0.2) is 87.7 Å². The lowest BCUT2D eigenvalue weighted by molar-refractivity contribution is -0.120. The van der Waals surface area contributed by atoms with E-state index in [1.165, 1.54) is 6.07 Å². The molecule has 1 heterocycles. The third-order valence-electron chi connectivity index (χ3n) is 7.47. The van der Waals surface area contributed by atoms with Gasteiger partial charge < -0.3 is 15.7 Å². The van der Waals surface area contributed by atoms with Gasteiger partial charge in [0, 0.05) is 16.8 Å². The van der Waals surface area contributed by atoms with E-state index in [0.29, 0.717) is 34.8 Å². The molecule has 9 nitrogen and oxygen atoms in total. The fraction of sp³-hybridized carbons (Fsp3) is 0.226. The molecule has 0 saturated heterocycles. The molecular formula is C31H32N4O5S2. The van der Waals surface area contributed by atoms with Gasteiger partial charge in [-0.2, -0.15) is 0 Å². The molecule has 1 aliphatic carbocycles. The van der Waals surface area contributed by atoms with Crippen LogP contribution in [0.25, 0.3) is 5.76 Å². The number of carbonyl (C=O) groups excluding carboxylic acids is 2. The van der Waals surface area contributed by atoms with Crippen LogP contribution in [0.4, 0.5) is 11.4 Å². The zero-order valence-electron chi connectivity index (χ0n) is 23.3. The minimum Gasteiger partial charge on any atom is -0.506 e. The van der Waals surface area contributed by atoms with Gasteiger partial charge in [-0.3, -0.25) is 24.0 Å². The predicted molar refractivity (Wildman–Crippen MR) is 171 cm³/mol. The molecule has 11 heteroatoms. The predicted octanol–water partition coefficient (Wildman–Crippen LogP) is 6.91. The van der Waals surface area contributed by atoms with E-state index >= 15 is 0 Å². The summed E-state index contributed by atoms with van der Waals surface area (Å²) in [6, 6.07) is 20.5. The standard InChI is InChI=1S/C31H32N4O5S2/c1-18(2)15-16-31(3)22-12-8-7-11-21(22)26(36)25(27(31)37)28-33-23-14-13-20(17-24(23)42(39,40)35-28)32-30(41)34-29(38)19-9-5-4-6-10-19/h4-14,17-18,36,39-40H,15-16H2,1-3H3,(H,33,35)(H2,32,34,38,41)/t31-/m1/s1. The largest absolute Gasteiger partial charge is 0.506 e. The number of amidine groups is 1. The number of anilines is 2. The van der Waals surface area contributed by atoms with Crippen LogP contribution in [0, 0.1) is 5.92 Å². The van der Waals surface area contributed by atoms with E-state index < -0.39 is 22.1 Å². The van der Waals surface area contributed by atoms with Crippen LogP contribution in [0.2, 0.25) is 0 Å².